The van der Waals surface area contributed by atoms with Gasteiger partial charge in [0.15, 0.2) is 5.16 Å². The van der Waals surface area contributed by atoms with E-state index in [4.69, 9.17) is 0 Å². The number of imidazole rings is 1. The zero-order valence-electron chi connectivity index (χ0n) is 12.7. The predicted molar refractivity (Wildman–Crippen MR) is 85.4 cm³/mol. The number of hydrogen-bond donors (Lipinski definition) is 0. The molecule has 2 aromatic rings. The number of thioether (sulfide) groups is 1. The summed E-state index contributed by atoms with van der Waals surface area (Å²) >= 11 is 1.70. The summed E-state index contributed by atoms with van der Waals surface area (Å²) in [4.78, 5) is 13.3. The van der Waals surface area contributed by atoms with E-state index in [9.17, 15) is 0 Å². The Morgan fingerprint density at radius 1 is 1.14 bits per heavy atom. The van der Waals surface area contributed by atoms with Crippen LogP contribution in [0.5, 0.6) is 0 Å². The maximum Gasteiger partial charge on any atom is 0.188 e. The summed E-state index contributed by atoms with van der Waals surface area (Å²) in [6, 6.07) is 2.65. The van der Waals surface area contributed by atoms with Gasteiger partial charge in [-0.25, -0.2) is 15.0 Å². The molecule has 2 aromatic heterocycles. The summed E-state index contributed by atoms with van der Waals surface area (Å²) in [5.74, 6) is 0.888. The highest BCUT2D eigenvalue weighted by Crippen LogP contribution is 2.30. The van der Waals surface area contributed by atoms with Gasteiger partial charge in [0, 0.05) is 35.1 Å². The SMILES string of the molecule is Cc1cc(C)nc(SCc2cncn2C2CCCCC2)n1. The molecule has 0 atom stereocenters. The van der Waals surface area contributed by atoms with E-state index in [0.717, 1.165) is 22.3 Å². The van der Waals surface area contributed by atoms with Crippen LogP contribution in [0.4, 0.5) is 0 Å². The standard InChI is InChI=1S/C16H22N4S/c1-12-8-13(2)19-16(18-12)21-10-15-9-17-11-20(15)14-6-4-3-5-7-14/h8-9,11,14H,3-7,10H2,1-2H3. The van der Waals surface area contributed by atoms with Gasteiger partial charge in [-0.05, 0) is 32.8 Å². The lowest BCUT2D eigenvalue weighted by Gasteiger charge is -2.24. The predicted octanol–water partition coefficient (Wildman–Crippen LogP) is 4.09. The fourth-order valence-electron chi connectivity index (χ4n) is 3.03. The molecule has 1 aliphatic rings. The molecule has 112 valence electrons. The number of hydrogen-bond acceptors (Lipinski definition) is 4. The molecular formula is C16H22N4S. The molecule has 2 heterocycles. The first-order chi connectivity index (χ1) is 10.2. The van der Waals surface area contributed by atoms with Crippen molar-refractivity contribution in [2.75, 3.05) is 0 Å². The van der Waals surface area contributed by atoms with Crippen molar-refractivity contribution in [2.24, 2.45) is 0 Å². The second kappa shape index (κ2) is 6.60. The van der Waals surface area contributed by atoms with Crippen LogP contribution in [-0.4, -0.2) is 19.5 Å². The first-order valence-electron chi connectivity index (χ1n) is 7.68. The molecule has 3 rings (SSSR count). The van der Waals surface area contributed by atoms with Gasteiger partial charge in [-0.15, -0.1) is 0 Å². The van der Waals surface area contributed by atoms with Crippen LogP contribution in [0.3, 0.4) is 0 Å². The fraction of sp³-hybridized carbons (Fsp3) is 0.562. The van der Waals surface area contributed by atoms with Crippen molar-refractivity contribution >= 4 is 11.8 Å². The Labute approximate surface area is 130 Å². The Bertz CT molecular complexity index is 582. The van der Waals surface area contributed by atoms with Crippen LogP contribution in [0, 0.1) is 13.8 Å². The van der Waals surface area contributed by atoms with E-state index < -0.39 is 0 Å². The minimum absolute atomic E-state index is 0.636. The third-order valence-electron chi connectivity index (χ3n) is 4.03. The molecule has 4 nitrogen and oxygen atoms in total. The van der Waals surface area contributed by atoms with Crippen molar-refractivity contribution < 1.29 is 0 Å². The summed E-state index contributed by atoms with van der Waals surface area (Å²) in [6.45, 7) is 4.04. The topological polar surface area (TPSA) is 43.6 Å². The summed E-state index contributed by atoms with van der Waals surface area (Å²) in [7, 11) is 0. The molecule has 0 unspecified atom stereocenters. The first kappa shape index (κ1) is 14.6. The Hall–Kier alpha value is -1.36. The number of rotatable bonds is 4. The van der Waals surface area contributed by atoms with Gasteiger partial charge in [0.05, 0.1) is 6.33 Å². The second-order valence-corrected chi connectivity index (χ2v) is 6.75. The number of aryl methyl sites for hydroxylation is 2. The molecule has 0 aromatic carbocycles. The molecule has 0 bridgehead atoms. The summed E-state index contributed by atoms with van der Waals surface area (Å²) in [5.41, 5.74) is 3.35. The van der Waals surface area contributed by atoms with E-state index in [0.29, 0.717) is 6.04 Å². The van der Waals surface area contributed by atoms with Crippen molar-refractivity contribution in [3.63, 3.8) is 0 Å². The van der Waals surface area contributed by atoms with Gasteiger partial charge in [0.2, 0.25) is 0 Å². The molecule has 0 amide bonds. The van der Waals surface area contributed by atoms with E-state index in [1.807, 2.05) is 32.4 Å². The van der Waals surface area contributed by atoms with Crippen molar-refractivity contribution in [3.05, 3.63) is 35.7 Å². The largest absolute Gasteiger partial charge is 0.331 e. The second-order valence-electron chi connectivity index (χ2n) is 5.81. The van der Waals surface area contributed by atoms with Crippen LogP contribution in [0.25, 0.3) is 0 Å². The van der Waals surface area contributed by atoms with E-state index in [1.165, 1.54) is 37.8 Å². The van der Waals surface area contributed by atoms with E-state index in [-0.39, 0.29) is 0 Å². The van der Waals surface area contributed by atoms with Crippen molar-refractivity contribution in [1.82, 2.24) is 19.5 Å². The highest BCUT2D eigenvalue weighted by Gasteiger charge is 2.17. The highest BCUT2D eigenvalue weighted by atomic mass is 32.2. The molecule has 0 N–H and O–H groups in total. The monoisotopic (exact) mass is 302 g/mol. The van der Waals surface area contributed by atoms with Gasteiger partial charge in [0.25, 0.3) is 0 Å². The van der Waals surface area contributed by atoms with Gasteiger partial charge < -0.3 is 4.57 Å². The Kier molecular flexibility index (Phi) is 4.58. The normalized spacial score (nSPS) is 16.3. The van der Waals surface area contributed by atoms with Crippen LogP contribution >= 0.6 is 11.8 Å². The highest BCUT2D eigenvalue weighted by molar-refractivity contribution is 7.98. The molecule has 0 aliphatic heterocycles. The molecule has 0 saturated heterocycles. The first-order valence-corrected chi connectivity index (χ1v) is 8.67. The Morgan fingerprint density at radius 3 is 2.57 bits per heavy atom. The minimum atomic E-state index is 0.636. The van der Waals surface area contributed by atoms with Crippen LogP contribution < -0.4 is 0 Å². The minimum Gasteiger partial charge on any atom is -0.331 e. The number of aromatic nitrogens is 4. The maximum absolute atomic E-state index is 4.50. The van der Waals surface area contributed by atoms with Gasteiger partial charge in [0.1, 0.15) is 0 Å². The average molecular weight is 302 g/mol. The van der Waals surface area contributed by atoms with Crippen molar-refractivity contribution in [3.8, 4) is 0 Å². The van der Waals surface area contributed by atoms with Gasteiger partial charge in [-0.2, -0.15) is 0 Å². The lowest BCUT2D eigenvalue weighted by molar-refractivity contribution is 0.348. The van der Waals surface area contributed by atoms with E-state index in [2.05, 4.69) is 19.5 Å². The smallest absolute Gasteiger partial charge is 0.188 e. The summed E-state index contributed by atoms with van der Waals surface area (Å²) < 4.78 is 2.37. The quantitative estimate of drug-likeness (QED) is 0.630. The fourth-order valence-corrected chi connectivity index (χ4v) is 3.95. The average Bonchev–Trinajstić information content (AvgIpc) is 2.93. The van der Waals surface area contributed by atoms with Gasteiger partial charge in [-0.3, -0.25) is 0 Å². The van der Waals surface area contributed by atoms with Crippen molar-refractivity contribution in [2.45, 2.75) is 62.9 Å². The van der Waals surface area contributed by atoms with E-state index in [1.54, 1.807) is 11.8 Å². The Balaban J connectivity index is 1.69. The zero-order chi connectivity index (χ0) is 14.7. The van der Waals surface area contributed by atoms with E-state index >= 15 is 0 Å². The van der Waals surface area contributed by atoms with Crippen LogP contribution in [-0.2, 0) is 5.75 Å². The van der Waals surface area contributed by atoms with Gasteiger partial charge >= 0.3 is 0 Å². The molecular weight excluding hydrogens is 280 g/mol. The third-order valence-corrected chi connectivity index (χ3v) is 4.91. The summed E-state index contributed by atoms with van der Waals surface area (Å²) in [6.07, 6.45) is 10.6. The molecule has 0 radical (unpaired) electrons. The maximum atomic E-state index is 4.50. The molecule has 1 saturated carbocycles. The van der Waals surface area contributed by atoms with Crippen LogP contribution in [0.2, 0.25) is 0 Å². The molecule has 1 aliphatic carbocycles. The van der Waals surface area contributed by atoms with Crippen LogP contribution in [0.15, 0.2) is 23.7 Å². The lowest BCUT2D eigenvalue weighted by Crippen LogP contribution is -2.14. The third kappa shape index (κ3) is 3.64. The molecule has 21 heavy (non-hydrogen) atoms. The molecule has 1 fully saturated rings. The zero-order valence-corrected chi connectivity index (χ0v) is 13.6. The van der Waals surface area contributed by atoms with Gasteiger partial charge in [-0.1, -0.05) is 31.0 Å². The lowest BCUT2D eigenvalue weighted by atomic mass is 9.95. The van der Waals surface area contributed by atoms with Crippen molar-refractivity contribution in [1.29, 1.82) is 0 Å². The van der Waals surface area contributed by atoms with Crippen LogP contribution in [0.1, 0.15) is 55.2 Å². The Morgan fingerprint density at radius 2 is 1.86 bits per heavy atom. The summed E-state index contributed by atoms with van der Waals surface area (Å²) in [5, 5.41) is 0.865. The number of nitrogens with zero attached hydrogens (tertiary/aromatic N) is 4. The molecule has 5 heteroatoms. The molecule has 0 spiro atoms.